The van der Waals surface area contributed by atoms with E-state index < -0.39 is 28.2 Å². The van der Waals surface area contributed by atoms with Crippen LogP contribution >= 0.6 is 0 Å². The first-order valence-corrected chi connectivity index (χ1v) is 10.5. The highest BCUT2D eigenvalue weighted by atomic mass is 32.2. The zero-order valence-electron chi connectivity index (χ0n) is 16.8. The highest BCUT2D eigenvalue weighted by molar-refractivity contribution is 7.70. The Morgan fingerprint density at radius 1 is 1.19 bits per heavy atom. The van der Waals surface area contributed by atoms with Gasteiger partial charge in [-0.05, 0) is 36.6 Å². The quantitative estimate of drug-likeness (QED) is 0.360. The van der Waals surface area contributed by atoms with E-state index in [-0.39, 0.29) is 29.8 Å². The molecule has 0 bridgehead atoms. The number of rotatable bonds is 8. The van der Waals surface area contributed by atoms with E-state index in [9.17, 15) is 22.5 Å². The summed E-state index contributed by atoms with van der Waals surface area (Å²) in [6.07, 6.45) is 2.11. The summed E-state index contributed by atoms with van der Waals surface area (Å²) in [5.41, 5.74) is 0.926. The van der Waals surface area contributed by atoms with E-state index in [4.69, 9.17) is 0 Å². The minimum Gasteiger partial charge on any atom is -0.361 e. The van der Waals surface area contributed by atoms with E-state index in [1.807, 2.05) is 6.07 Å². The van der Waals surface area contributed by atoms with Crippen molar-refractivity contribution < 1.29 is 17.2 Å². The maximum Gasteiger partial charge on any atom is 0.201 e. The monoisotopic (exact) mass is 446 g/mol. The first-order chi connectivity index (χ1) is 14.8. The van der Waals surface area contributed by atoms with Crippen molar-refractivity contribution in [1.82, 2.24) is 14.7 Å². The number of halogens is 2. The Kier molecular flexibility index (Phi) is 6.94. The molecule has 0 unspecified atom stereocenters. The third kappa shape index (κ3) is 5.04. The fraction of sp³-hybridized carbons (Fsp3) is 0.250. The molecule has 0 fully saturated rings. The van der Waals surface area contributed by atoms with Gasteiger partial charge in [0.1, 0.15) is 34.5 Å². The lowest BCUT2D eigenvalue weighted by Gasteiger charge is -2.15. The fourth-order valence-electron chi connectivity index (χ4n) is 2.99. The number of aromatic nitrogens is 2. The summed E-state index contributed by atoms with van der Waals surface area (Å²) in [6.45, 7) is 0.147. The summed E-state index contributed by atoms with van der Waals surface area (Å²) in [5.74, 6) is -1.09. The third-order valence-electron chi connectivity index (χ3n) is 4.57. The van der Waals surface area contributed by atoms with E-state index in [0.717, 1.165) is 6.07 Å². The molecule has 0 aliphatic heterocycles. The standard InChI is InChI=1S/C20H20F2N6O2S/c1-28(2)17-11-24-16-8-7-15(13(10-23)19(16)27-17)26-20-14(21)6-5-12(18(20)22)4-3-9-25-31(29)30/h5-8,11,26,31H,3-4,9H2,1-2H3,(H,25,29,30). The summed E-state index contributed by atoms with van der Waals surface area (Å²) in [4.78, 5) is 10.4. The van der Waals surface area contributed by atoms with Gasteiger partial charge in [-0.25, -0.2) is 26.9 Å². The lowest BCUT2D eigenvalue weighted by atomic mass is 10.1. The van der Waals surface area contributed by atoms with Crippen LogP contribution in [0.5, 0.6) is 0 Å². The number of fused-ring (bicyclic) bond motifs is 1. The average Bonchev–Trinajstić information content (AvgIpc) is 2.74. The molecule has 0 spiro atoms. The molecule has 2 aromatic carbocycles. The van der Waals surface area contributed by atoms with Gasteiger partial charge in [-0.1, -0.05) is 6.07 Å². The maximum absolute atomic E-state index is 15.0. The molecule has 0 radical (unpaired) electrons. The Morgan fingerprint density at radius 2 is 1.97 bits per heavy atom. The lowest BCUT2D eigenvalue weighted by molar-refractivity contribution is 0.574. The number of hydrogen-bond donors (Lipinski definition) is 3. The third-order valence-corrected chi connectivity index (χ3v) is 5.05. The van der Waals surface area contributed by atoms with Crippen LogP contribution in [0.25, 0.3) is 11.0 Å². The van der Waals surface area contributed by atoms with Gasteiger partial charge in [-0.3, -0.25) is 4.98 Å². The normalized spacial score (nSPS) is 11.0. The van der Waals surface area contributed by atoms with Gasteiger partial charge >= 0.3 is 0 Å². The van der Waals surface area contributed by atoms with E-state index in [2.05, 4.69) is 20.0 Å². The number of hydrogen-bond acceptors (Lipinski definition) is 7. The molecule has 0 aliphatic carbocycles. The highest BCUT2D eigenvalue weighted by Gasteiger charge is 2.17. The van der Waals surface area contributed by atoms with Crippen molar-refractivity contribution in [1.29, 1.82) is 5.26 Å². The van der Waals surface area contributed by atoms with E-state index in [0.29, 0.717) is 23.3 Å². The molecular weight excluding hydrogens is 426 g/mol. The van der Waals surface area contributed by atoms with Crippen LogP contribution < -0.4 is 14.9 Å². The predicted molar refractivity (Wildman–Crippen MR) is 115 cm³/mol. The molecule has 0 saturated carbocycles. The van der Waals surface area contributed by atoms with Crippen LogP contribution in [0, 0.1) is 23.0 Å². The first-order valence-electron chi connectivity index (χ1n) is 9.30. The molecule has 0 atom stereocenters. The summed E-state index contributed by atoms with van der Waals surface area (Å²) in [6, 6.07) is 7.60. The molecule has 2 N–H and O–H groups in total. The van der Waals surface area contributed by atoms with Crippen molar-refractivity contribution in [2.75, 3.05) is 30.9 Å². The Hall–Kier alpha value is -3.36. The number of nitrogens with one attached hydrogen (secondary N) is 2. The van der Waals surface area contributed by atoms with Crippen LogP contribution in [-0.2, 0) is 17.3 Å². The van der Waals surface area contributed by atoms with Crippen molar-refractivity contribution in [2.24, 2.45) is 0 Å². The fourth-order valence-corrected chi connectivity index (χ4v) is 3.33. The van der Waals surface area contributed by atoms with Crippen LogP contribution in [0.1, 0.15) is 17.5 Å². The van der Waals surface area contributed by atoms with Gasteiger partial charge in [0.15, 0.2) is 5.82 Å². The second-order valence-corrected chi connectivity index (χ2v) is 7.71. The molecular formula is C20H20F2N6O2S. The average molecular weight is 446 g/mol. The van der Waals surface area contributed by atoms with Crippen molar-refractivity contribution in [3.05, 3.63) is 53.2 Å². The van der Waals surface area contributed by atoms with Gasteiger partial charge in [0, 0.05) is 20.6 Å². The number of benzene rings is 2. The van der Waals surface area contributed by atoms with E-state index >= 15 is 0 Å². The van der Waals surface area contributed by atoms with Gasteiger partial charge in [-0.2, -0.15) is 5.26 Å². The Labute approximate surface area is 179 Å². The lowest BCUT2D eigenvalue weighted by Crippen LogP contribution is -2.13. The van der Waals surface area contributed by atoms with Crippen LogP contribution in [0.3, 0.4) is 0 Å². The smallest absolute Gasteiger partial charge is 0.201 e. The van der Waals surface area contributed by atoms with Gasteiger partial charge in [0.2, 0.25) is 10.9 Å². The summed E-state index contributed by atoms with van der Waals surface area (Å²) < 4.78 is 52.7. The number of thiol groups is 1. The largest absolute Gasteiger partial charge is 0.361 e. The number of nitriles is 1. The van der Waals surface area contributed by atoms with E-state index in [1.165, 1.54) is 12.1 Å². The minimum atomic E-state index is -2.72. The molecule has 0 amide bonds. The number of anilines is 3. The summed E-state index contributed by atoms with van der Waals surface area (Å²) in [7, 11) is 0.844. The second kappa shape index (κ2) is 9.63. The van der Waals surface area contributed by atoms with Crippen LogP contribution in [-0.4, -0.2) is 39.0 Å². The van der Waals surface area contributed by atoms with Crippen LogP contribution in [0.15, 0.2) is 30.5 Å². The van der Waals surface area contributed by atoms with Gasteiger partial charge in [-0.15, -0.1) is 0 Å². The molecule has 0 saturated heterocycles. The summed E-state index contributed by atoms with van der Waals surface area (Å²) >= 11 is 0. The minimum absolute atomic E-state index is 0.112. The van der Waals surface area contributed by atoms with Crippen molar-refractivity contribution in [2.45, 2.75) is 12.8 Å². The molecule has 11 heteroatoms. The van der Waals surface area contributed by atoms with Crippen molar-refractivity contribution in [3.8, 4) is 6.07 Å². The van der Waals surface area contributed by atoms with Crippen LogP contribution in [0.4, 0.5) is 26.0 Å². The molecule has 3 rings (SSSR count). The first kappa shape index (κ1) is 22.3. The van der Waals surface area contributed by atoms with E-state index in [1.54, 1.807) is 31.3 Å². The zero-order chi connectivity index (χ0) is 22.5. The Balaban J connectivity index is 1.96. The van der Waals surface area contributed by atoms with Crippen molar-refractivity contribution in [3.63, 3.8) is 0 Å². The highest BCUT2D eigenvalue weighted by Crippen LogP contribution is 2.31. The van der Waals surface area contributed by atoms with Crippen LogP contribution in [0.2, 0.25) is 0 Å². The van der Waals surface area contributed by atoms with Crippen molar-refractivity contribution >= 4 is 39.1 Å². The SMILES string of the molecule is CN(C)c1cnc2ccc(Nc3c(F)ccc(CCCN[SH](=O)=O)c3F)c(C#N)c2n1. The Bertz CT molecular complexity index is 1230. The topological polar surface area (TPSA) is 111 Å². The maximum atomic E-state index is 15.0. The molecule has 8 nitrogen and oxygen atoms in total. The zero-order valence-corrected chi connectivity index (χ0v) is 17.7. The molecule has 3 aromatic rings. The molecule has 1 heterocycles. The van der Waals surface area contributed by atoms with Gasteiger partial charge < -0.3 is 10.2 Å². The Morgan fingerprint density at radius 3 is 2.65 bits per heavy atom. The molecule has 31 heavy (non-hydrogen) atoms. The predicted octanol–water partition coefficient (Wildman–Crippen LogP) is 2.64. The molecule has 0 aliphatic rings. The summed E-state index contributed by atoms with van der Waals surface area (Å²) in [5, 5.41) is 12.4. The van der Waals surface area contributed by atoms with Gasteiger partial charge in [0.25, 0.3) is 0 Å². The van der Waals surface area contributed by atoms with Gasteiger partial charge in [0.05, 0.1) is 17.4 Å². The number of aryl methyl sites for hydroxylation is 1. The second-order valence-electron chi connectivity index (χ2n) is 6.88. The molecule has 162 valence electrons. The number of nitrogens with zero attached hydrogens (tertiary/aromatic N) is 4. The molecule has 1 aromatic heterocycles.